The molecule has 2 aromatic rings. The SMILES string of the molecule is CN1CCN(c2nc(N)nc3ccccc23)C(C)(C)C1=O. The number of nitrogens with two attached hydrogens (primary N) is 1. The predicted molar refractivity (Wildman–Crippen MR) is 83.0 cm³/mol. The molecule has 1 saturated heterocycles. The van der Waals surface area contributed by atoms with Crippen molar-refractivity contribution in [2.24, 2.45) is 0 Å². The summed E-state index contributed by atoms with van der Waals surface area (Å²) in [5.41, 5.74) is 5.98. The lowest BCUT2D eigenvalue weighted by Gasteiger charge is -2.45. The zero-order chi connectivity index (χ0) is 15.2. The number of nitrogen functional groups attached to an aromatic ring is 1. The maximum absolute atomic E-state index is 12.5. The van der Waals surface area contributed by atoms with Crippen molar-refractivity contribution in [3.05, 3.63) is 24.3 Å². The molecule has 6 heteroatoms. The van der Waals surface area contributed by atoms with Crippen LogP contribution in [0.4, 0.5) is 11.8 Å². The molecular weight excluding hydrogens is 266 g/mol. The summed E-state index contributed by atoms with van der Waals surface area (Å²) >= 11 is 0. The first kappa shape index (κ1) is 13.6. The van der Waals surface area contributed by atoms with Crippen LogP contribution < -0.4 is 10.6 Å². The van der Waals surface area contributed by atoms with E-state index in [1.54, 1.807) is 4.90 Å². The third-order valence-corrected chi connectivity index (χ3v) is 4.06. The van der Waals surface area contributed by atoms with Crippen molar-refractivity contribution in [1.29, 1.82) is 0 Å². The van der Waals surface area contributed by atoms with E-state index in [9.17, 15) is 4.79 Å². The molecule has 0 aliphatic carbocycles. The second-order valence-corrected chi connectivity index (χ2v) is 5.86. The fraction of sp³-hybridized carbons (Fsp3) is 0.400. The van der Waals surface area contributed by atoms with Crippen LogP contribution in [0.3, 0.4) is 0 Å². The number of nitrogens with zero attached hydrogens (tertiary/aromatic N) is 4. The largest absolute Gasteiger partial charge is 0.368 e. The number of hydrogen-bond donors (Lipinski definition) is 1. The van der Waals surface area contributed by atoms with Crippen LogP contribution >= 0.6 is 0 Å². The molecule has 21 heavy (non-hydrogen) atoms. The molecule has 2 heterocycles. The fourth-order valence-corrected chi connectivity index (χ4v) is 2.87. The molecule has 6 nitrogen and oxygen atoms in total. The Labute approximate surface area is 123 Å². The lowest BCUT2D eigenvalue weighted by atomic mass is 9.97. The van der Waals surface area contributed by atoms with Crippen molar-refractivity contribution in [2.75, 3.05) is 30.8 Å². The lowest BCUT2D eigenvalue weighted by Crippen LogP contribution is -2.62. The molecule has 0 saturated carbocycles. The van der Waals surface area contributed by atoms with Crippen molar-refractivity contribution in [1.82, 2.24) is 14.9 Å². The Morgan fingerprint density at radius 2 is 1.90 bits per heavy atom. The van der Waals surface area contributed by atoms with Gasteiger partial charge in [0.15, 0.2) is 0 Å². The first-order valence-electron chi connectivity index (χ1n) is 6.97. The highest BCUT2D eigenvalue weighted by atomic mass is 16.2. The maximum Gasteiger partial charge on any atom is 0.247 e. The van der Waals surface area contributed by atoms with Crippen LogP contribution in [0.2, 0.25) is 0 Å². The standard InChI is InChI=1S/C15H19N5O/c1-15(2)13(21)19(3)8-9-20(15)12-10-6-4-5-7-11(10)17-14(16)18-12/h4-7H,8-9H2,1-3H3,(H2,16,17,18). The van der Waals surface area contributed by atoms with Gasteiger partial charge in [0.2, 0.25) is 11.9 Å². The Bertz CT molecular complexity index is 712. The number of amides is 1. The van der Waals surface area contributed by atoms with Crippen LogP contribution in [0.5, 0.6) is 0 Å². The average molecular weight is 285 g/mol. The highest BCUT2D eigenvalue weighted by Gasteiger charge is 2.41. The van der Waals surface area contributed by atoms with Gasteiger partial charge in [0.25, 0.3) is 0 Å². The topological polar surface area (TPSA) is 75.3 Å². The first-order valence-corrected chi connectivity index (χ1v) is 6.97. The molecule has 1 aromatic carbocycles. The number of carbonyl (C=O) groups is 1. The van der Waals surface area contributed by atoms with E-state index in [0.29, 0.717) is 6.54 Å². The molecule has 0 atom stereocenters. The van der Waals surface area contributed by atoms with Crippen molar-refractivity contribution in [3.8, 4) is 0 Å². The number of piperazine rings is 1. The van der Waals surface area contributed by atoms with E-state index in [0.717, 1.165) is 23.3 Å². The Morgan fingerprint density at radius 3 is 2.67 bits per heavy atom. The zero-order valence-electron chi connectivity index (χ0n) is 12.5. The summed E-state index contributed by atoms with van der Waals surface area (Å²) in [5.74, 6) is 1.03. The van der Waals surface area contributed by atoms with Crippen LogP contribution in [-0.2, 0) is 4.79 Å². The Morgan fingerprint density at radius 1 is 1.19 bits per heavy atom. The number of fused-ring (bicyclic) bond motifs is 1. The number of anilines is 2. The van der Waals surface area contributed by atoms with Crippen molar-refractivity contribution >= 4 is 28.6 Å². The average Bonchev–Trinajstić information content (AvgIpc) is 2.44. The maximum atomic E-state index is 12.5. The van der Waals surface area contributed by atoms with Gasteiger partial charge >= 0.3 is 0 Å². The molecule has 0 radical (unpaired) electrons. The summed E-state index contributed by atoms with van der Waals surface area (Å²) < 4.78 is 0. The minimum Gasteiger partial charge on any atom is -0.368 e. The summed E-state index contributed by atoms with van der Waals surface area (Å²) in [6, 6.07) is 7.72. The van der Waals surface area contributed by atoms with Crippen molar-refractivity contribution < 1.29 is 4.79 Å². The molecule has 2 N–H and O–H groups in total. The van der Waals surface area contributed by atoms with Crippen LogP contribution in [0.25, 0.3) is 10.9 Å². The minimum atomic E-state index is -0.656. The number of likely N-dealkylation sites (N-methyl/N-ethyl adjacent to an activating group) is 1. The number of para-hydroxylation sites is 1. The summed E-state index contributed by atoms with van der Waals surface area (Å²) in [7, 11) is 1.83. The molecular formula is C15H19N5O. The van der Waals surface area contributed by atoms with Crippen LogP contribution in [-0.4, -0.2) is 46.5 Å². The quantitative estimate of drug-likeness (QED) is 0.854. The van der Waals surface area contributed by atoms with E-state index in [-0.39, 0.29) is 11.9 Å². The van der Waals surface area contributed by atoms with Gasteiger partial charge in [0.1, 0.15) is 11.4 Å². The molecule has 1 aliphatic rings. The summed E-state index contributed by atoms with van der Waals surface area (Å²) in [6.07, 6.45) is 0. The molecule has 1 aliphatic heterocycles. The molecule has 0 bridgehead atoms. The van der Waals surface area contributed by atoms with Gasteiger partial charge in [-0.15, -0.1) is 0 Å². The summed E-state index contributed by atoms with van der Waals surface area (Å²) in [6.45, 7) is 5.21. The van der Waals surface area contributed by atoms with Gasteiger partial charge in [-0.3, -0.25) is 4.79 Å². The van der Waals surface area contributed by atoms with Crippen LogP contribution in [0, 0.1) is 0 Å². The molecule has 1 amide bonds. The van der Waals surface area contributed by atoms with E-state index in [1.807, 2.05) is 50.1 Å². The molecule has 0 spiro atoms. The van der Waals surface area contributed by atoms with Crippen molar-refractivity contribution in [3.63, 3.8) is 0 Å². The Hall–Kier alpha value is -2.37. The zero-order valence-corrected chi connectivity index (χ0v) is 12.5. The number of hydrogen-bond acceptors (Lipinski definition) is 5. The van der Waals surface area contributed by atoms with Gasteiger partial charge in [0, 0.05) is 25.5 Å². The second-order valence-electron chi connectivity index (χ2n) is 5.86. The van der Waals surface area contributed by atoms with Gasteiger partial charge in [-0.2, -0.15) is 4.98 Å². The number of rotatable bonds is 1. The van der Waals surface area contributed by atoms with Gasteiger partial charge in [-0.25, -0.2) is 4.98 Å². The van der Waals surface area contributed by atoms with Crippen molar-refractivity contribution in [2.45, 2.75) is 19.4 Å². The molecule has 0 unspecified atom stereocenters. The minimum absolute atomic E-state index is 0.0787. The highest BCUT2D eigenvalue weighted by Crippen LogP contribution is 2.32. The monoisotopic (exact) mass is 285 g/mol. The summed E-state index contributed by atoms with van der Waals surface area (Å²) in [4.78, 5) is 24.9. The Kier molecular flexibility index (Phi) is 2.97. The van der Waals surface area contributed by atoms with E-state index >= 15 is 0 Å². The Balaban J connectivity index is 2.18. The normalized spacial score (nSPS) is 18.3. The molecule has 1 aromatic heterocycles. The third kappa shape index (κ3) is 2.07. The second kappa shape index (κ2) is 4.58. The van der Waals surface area contributed by atoms with Crippen LogP contribution in [0.1, 0.15) is 13.8 Å². The smallest absolute Gasteiger partial charge is 0.247 e. The van der Waals surface area contributed by atoms with E-state index in [1.165, 1.54) is 0 Å². The molecule has 1 fully saturated rings. The van der Waals surface area contributed by atoms with Gasteiger partial charge in [0.05, 0.1) is 5.52 Å². The first-order chi connectivity index (χ1) is 9.91. The highest BCUT2D eigenvalue weighted by molar-refractivity contribution is 5.96. The van der Waals surface area contributed by atoms with E-state index < -0.39 is 5.54 Å². The van der Waals surface area contributed by atoms with E-state index in [2.05, 4.69) is 9.97 Å². The van der Waals surface area contributed by atoms with Crippen LogP contribution in [0.15, 0.2) is 24.3 Å². The number of aromatic nitrogens is 2. The lowest BCUT2D eigenvalue weighted by molar-refractivity contribution is -0.136. The number of benzene rings is 1. The fourth-order valence-electron chi connectivity index (χ4n) is 2.87. The van der Waals surface area contributed by atoms with Gasteiger partial charge < -0.3 is 15.5 Å². The predicted octanol–water partition coefficient (Wildman–Crippen LogP) is 1.27. The molecule has 110 valence electrons. The van der Waals surface area contributed by atoms with E-state index in [4.69, 9.17) is 5.73 Å². The molecule has 3 rings (SSSR count). The van der Waals surface area contributed by atoms with Gasteiger partial charge in [-0.1, -0.05) is 12.1 Å². The van der Waals surface area contributed by atoms with Gasteiger partial charge in [-0.05, 0) is 26.0 Å². The third-order valence-electron chi connectivity index (χ3n) is 4.06. The summed E-state index contributed by atoms with van der Waals surface area (Å²) in [5, 5.41) is 0.914. The number of carbonyl (C=O) groups excluding carboxylic acids is 1.